The summed E-state index contributed by atoms with van der Waals surface area (Å²) in [6, 6.07) is 16.1. The minimum Gasteiger partial charge on any atom is -0.744 e. The number of nitrogens with zero attached hydrogens (tertiary/aromatic N) is 2. The molecule has 0 saturated carbocycles. The van der Waals surface area contributed by atoms with Gasteiger partial charge in [-0.15, -0.1) is 0 Å². The summed E-state index contributed by atoms with van der Waals surface area (Å²) in [5.41, 5.74) is 0.999. The molecule has 3 aromatic rings. The summed E-state index contributed by atoms with van der Waals surface area (Å²) >= 11 is 0. The highest BCUT2D eigenvalue weighted by molar-refractivity contribution is 7.85. The zero-order valence-corrected chi connectivity index (χ0v) is 32.6. The van der Waals surface area contributed by atoms with Crippen molar-refractivity contribution in [1.82, 2.24) is 0 Å². The number of carbonyl (C=O) groups is 1. The van der Waals surface area contributed by atoms with E-state index >= 15 is 0 Å². The van der Waals surface area contributed by atoms with E-state index in [0.717, 1.165) is 37.8 Å². The molecule has 9 nitrogen and oxygen atoms in total. The molecule has 0 aliphatic carbocycles. The van der Waals surface area contributed by atoms with Gasteiger partial charge in [0.1, 0.15) is 40.6 Å². The molecule has 0 amide bonds. The number of unbranched alkanes of at least 4 members (excludes halogenated alkanes) is 12. The van der Waals surface area contributed by atoms with Crippen LogP contribution in [0.3, 0.4) is 0 Å². The Labute approximate surface area is 327 Å². The molecule has 0 fully saturated rings. The van der Waals surface area contributed by atoms with Crippen molar-refractivity contribution in [3.63, 3.8) is 0 Å². The second-order valence-electron chi connectivity index (χ2n) is 12.5. The van der Waals surface area contributed by atoms with Crippen molar-refractivity contribution in [3.05, 3.63) is 72.3 Å². The summed E-state index contributed by atoms with van der Waals surface area (Å²) in [5.74, 6) is 23.7. The summed E-state index contributed by atoms with van der Waals surface area (Å²) in [6.45, 7) is 4.55. The molecule has 10 heteroatoms. The number of azo groups is 1. The molecule has 0 spiro atoms. The van der Waals surface area contributed by atoms with Gasteiger partial charge in [0.25, 0.3) is 0 Å². The van der Waals surface area contributed by atoms with Crippen LogP contribution in [0.2, 0.25) is 0 Å². The highest BCUT2D eigenvalue weighted by Gasteiger charge is 2.13. The van der Waals surface area contributed by atoms with E-state index in [2.05, 4.69) is 71.4 Å². The van der Waals surface area contributed by atoms with Gasteiger partial charge in [-0.25, -0.2) is 13.2 Å². The molecule has 0 aromatic heterocycles. The number of rotatable bonds is 21. The lowest BCUT2D eigenvalue weighted by Crippen LogP contribution is -2.09. The number of hydrogen-bond acceptors (Lipinski definition) is 9. The SMILES string of the molecule is CCCCCCCCC#CC#CCOc1cc(OCC#CC#CCCCCCCCC)cc(C(=O)Oc2ccc(N=Nc3ccc(S(=O)(=O)[O-])cc3)cc2)c1. The molecule has 0 heterocycles. The van der Waals surface area contributed by atoms with E-state index in [4.69, 9.17) is 14.2 Å². The van der Waals surface area contributed by atoms with Gasteiger partial charge in [-0.1, -0.05) is 89.9 Å². The van der Waals surface area contributed by atoms with Crippen LogP contribution in [-0.4, -0.2) is 32.2 Å². The molecule has 0 unspecified atom stereocenters. The molecule has 3 rings (SSSR count). The first-order valence-electron chi connectivity index (χ1n) is 18.9. The molecule has 0 saturated heterocycles. The average Bonchev–Trinajstić information content (AvgIpc) is 3.18. The Kier molecular flexibility index (Phi) is 21.0. The fourth-order valence-corrected chi connectivity index (χ4v) is 5.47. The number of hydrogen-bond donors (Lipinski definition) is 0. The maximum atomic E-state index is 13.2. The Morgan fingerprint density at radius 3 is 1.49 bits per heavy atom. The highest BCUT2D eigenvalue weighted by atomic mass is 32.2. The van der Waals surface area contributed by atoms with Gasteiger partial charge >= 0.3 is 5.97 Å². The van der Waals surface area contributed by atoms with Crippen molar-refractivity contribution in [1.29, 1.82) is 0 Å². The zero-order valence-electron chi connectivity index (χ0n) is 31.8. The van der Waals surface area contributed by atoms with Gasteiger partial charge in [-0.3, -0.25) is 0 Å². The van der Waals surface area contributed by atoms with Crippen molar-refractivity contribution in [2.24, 2.45) is 10.2 Å². The fourth-order valence-electron chi connectivity index (χ4n) is 5.00. The second kappa shape index (κ2) is 26.3. The predicted molar refractivity (Wildman–Crippen MR) is 215 cm³/mol. The summed E-state index contributed by atoms with van der Waals surface area (Å²) in [5, 5.41) is 8.14. The Morgan fingerprint density at radius 2 is 1.02 bits per heavy atom. The van der Waals surface area contributed by atoms with Crippen molar-refractivity contribution in [3.8, 4) is 64.6 Å². The maximum Gasteiger partial charge on any atom is 0.343 e. The van der Waals surface area contributed by atoms with Crippen LogP contribution in [0.1, 0.15) is 114 Å². The molecular weight excluding hydrogens is 713 g/mol. The summed E-state index contributed by atoms with van der Waals surface area (Å²) < 4.78 is 50.6. The van der Waals surface area contributed by atoms with E-state index in [9.17, 15) is 17.8 Å². The summed E-state index contributed by atoms with van der Waals surface area (Å²) in [6.07, 6.45) is 16.2. The van der Waals surface area contributed by atoms with Gasteiger partial charge < -0.3 is 18.8 Å². The Hall–Kier alpha value is -5.52. The van der Waals surface area contributed by atoms with Crippen molar-refractivity contribution in [2.45, 2.75) is 109 Å². The predicted octanol–water partition coefficient (Wildman–Crippen LogP) is 10.5. The standard InChI is InChI=1S/C45H50N2O7S/c1-3-5-7-9-11-13-15-17-19-21-23-33-52-42-35-38(36-43(37-42)53-34-24-22-20-18-16-14-12-10-8-6-4-2)45(48)54-41-29-25-39(26-30-41)46-47-40-27-31-44(32-28-40)55(49,50)51/h25-32,35-37H,3-16,33-34H2,1-2H3,(H,49,50,51)/p-1. The molecule has 288 valence electrons. The molecule has 0 atom stereocenters. The third-order valence-electron chi connectivity index (χ3n) is 7.98. The van der Waals surface area contributed by atoms with Crippen LogP contribution >= 0.6 is 0 Å². The lowest BCUT2D eigenvalue weighted by molar-refractivity contribution is 0.0733. The van der Waals surface area contributed by atoms with E-state index in [0.29, 0.717) is 22.9 Å². The molecule has 0 aliphatic heterocycles. The maximum absolute atomic E-state index is 13.2. The normalized spacial score (nSPS) is 10.5. The van der Waals surface area contributed by atoms with Crippen LogP contribution in [0.15, 0.2) is 81.9 Å². The van der Waals surface area contributed by atoms with Gasteiger partial charge in [0.15, 0.2) is 0 Å². The Bertz CT molecular complexity index is 1950. The van der Waals surface area contributed by atoms with Gasteiger partial charge in [0, 0.05) is 18.9 Å². The zero-order chi connectivity index (χ0) is 39.4. The first-order valence-corrected chi connectivity index (χ1v) is 20.3. The number of ether oxygens (including phenoxy) is 3. The lowest BCUT2D eigenvalue weighted by atomic mass is 10.1. The second-order valence-corrected chi connectivity index (χ2v) is 13.9. The van der Waals surface area contributed by atoms with Gasteiger partial charge in [0.05, 0.1) is 21.8 Å². The Morgan fingerprint density at radius 1 is 0.582 bits per heavy atom. The van der Waals surface area contributed by atoms with E-state index < -0.39 is 16.1 Å². The van der Waals surface area contributed by atoms with Gasteiger partial charge in [0.2, 0.25) is 0 Å². The minimum absolute atomic E-state index is 0.0650. The largest absolute Gasteiger partial charge is 0.744 e. The Balaban J connectivity index is 1.61. The van der Waals surface area contributed by atoms with Crippen molar-refractivity contribution in [2.75, 3.05) is 13.2 Å². The molecule has 0 aliphatic rings. The highest BCUT2D eigenvalue weighted by Crippen LogP contribution is 2.26. The summed E-state index contributed by atoms with van der Waals surface area (Å²) in [7, 11) is -4.55. The van der Waals surface area contributed by atoms with E-state index in [1.165, 1.54) is 76.3 Å². The van der Waals surface area contributed by atoms with Gasteiger partial charge in [-0.05, 0) is 109 Å². The van der Waals surface area contributed by atoms with Crippen LogP contribution in [0.25, 0.3) is 0 Å². The third kappa shape index (κ3) is 19.4. The molecular formula is C45H49N2O7S-. The molecule has 55 heavy (non-hydrogen) atoms. The van der Waals surface area contributed by atoms with Gasteiger partial charge in [-0.2, -0.15) is 10.2 Å². The molecule has 0 N–H and O–H groups in total. The monoisotopic (exact) mass is 761 g/mol. The van der Waals surface area contributed by atoms with Crippen LogP contribution in [0.5, 0.6) is 17.2 Å². The van der Waals surface area contributed by atoms with Crippen molar-refractivity contribution >= 4 is 27.5 Å². The third-order valence-corrected chi connectivity index (χ3v) is 8.83. The van der Waals surface area contributed by atoms with Crippen LogP contribution in [0, 0.1) is 47.4 Å². The molecule has 3 aromatic carbocycles. The van der Waals surface area contributed by atoms with Crippen LogP contribution in [-0.2, 0) is 10.1 Å². The minimum atomic E-state index is -4.55. The number of esters is 1. The number of benzene rings is 3. The first kappa shape index (κ1) is 43.9. The fraction of sp³-hybridized carbons (Fsp3) is 0.400. The average molecular weight is 762 g/mol. The lowest BCUT2D eigenvalue weighted by Gasteiger charge is -2.10. The van der Waals surface area contributed by atoms with Crippen molar-refractivity contribution < 1.29 is 32.0 Å². The quantitative estimate of drug-likeness (QED) is 0.0264. The van der Waals surface area contributed by atoms with Crippen LogP contribution < -0.4 is 14.2 Å². The van der Waals surface area contributed by atoms with E-state index in [-0.39, 0.29) is 29.4 Å². The molecule has 0 bridgehead atoms. The molecule has 0 radical (unpaired) electrons. The van der Waals surface area contributed by atoms with E-state index in [1.54, 1.807) is 42.5 Å². The topological polar surface area (TPSA) is 127 Å². The number of carbonyl (C=O) groups excluding carboxylic acids is 1. The summed E-state index contributed by atoms with van der Waals surface area (Å²) in [4.78, 5) is 12.9. The smallest absolute Gasteiger partial charge is 0.343 e. The van der Waals surface area contributed by atoms with Crippen LogP contribution in [0.4, 0.5) is 11.4 Å². The van der Waals surface area contributed by atoms with E-state index in [1.807, 2.05) is 0 Å². The first-order chi connectivity index (χ1) is 26.8.